The van der Waals surface area contributed by atoms with E-state index in [9.17, 15) is 4.79 Å². The lowest BCUT2D eigenvalue weighted by atomic mass is 9.89. The van der Waals surface area contributed by atoms with Crippen molar-refractivity contribution >= 4 is 23.0 Å². The minimum atomic E-state index is -0.110. The van der Waals surface area contributed by atoms with E-state index in [4.69, 9.17) is 4.74 Å². The van der Waals surface area contributed by atoms with E-state index in [1.807, 2.05) is 52.5 Å². The minimum Gasteiger partial charge on any atom is -0.497 e. The Balaban J connectivity index is 2.11. The molecule has 33 heavy (non-hydrogen) atoms. The molecular weight excluding hydrogens is 410 g/mol. The van der Waals surface area contributed by atoms with Crippen molar-refractivity contribution < 1.29 is 9.53 Å². The number of ether oxygens (including phenoxy) is 1. The molecule has 5 nitrogen and oxygen atoms in total. The van der Waals surface area contributed by atoms with Crippen LogP contribution >= 0.6 is 0 Å². The Labute approximate surface area is 197 Å². The molecule has 3 aromatic carbocycles. The molecule has 0 bridgehead atoms. The van der Waals surface area contributed by atoms with Crippen molar-refractivity contribution in [3.8, 4) is 5.75 Å². The smallest absolute Gasteiger partial charge is 0.221 e. The Kier molecular flexibility index (Phi) is 7.78. The summed E-state index contributed by atoms with van der Waals surface area (Å²) in [6.07, 6.45) is 2.12. The second kappa shape index (κ2) is 10.7. The van der Waals surface area contributed by atoms with Crippen molar-refractivity contribution in [2.75, 3.05) is 45.1 Å². The van der Waals surface area contributed by atoms with Crippen LogP contribution in [0.1, 0.15) is 29.5 Å². The highest BCUT2D eigenvalue weighted by Gasteiger charge is 2.16. The molecule has 0 aliphatic rings. The van der Waals surface area contributed by atoms with Crippen LogP contribution in [0, 0.1) is 0 Å². The van der Waals surface area contributed by atoms with Gasteiger partial charge in [0, 0.05) is 58.1 Å². The standard InChI is InChI=1S/C28H33N3O2/c1-20(32)29-28(23-11-17-26(33-6)18-12-23)19-27(21-7-13-24(14-8-21)30(2)3)22-9-15-25(16-10-22)31(4)5/h7-19,27H,1-6H3,(H,29,32)/b28-19-. The normalized spacial score (nSPS) is 11.3. The molecular formula is C28H33N3O2. The van der Waals surface area contributed by atoms with Gasteiger partial charge in [0.05, 0.1) is 7.11 Å². The average Bonchev–Trinajstić information content (AvgIpc) is 2.81. The fourth-order valence-electron chi connectivity index (χ4n) is 3.68. The summed E-state index contributed by atoms with van der Waals surface area (Å²) >= 11 is 0. The van der Waals surface area contributed by atoms with Crippen molar-refractivity contribution in [1.82, 2.24) is 5.32 Å². The van der Waals surface area contributed by atoms with E-state index in [1.165, 1.54) is 6.92 Å². The molecule has 0 fully saturated rings. The van der Waals surface area contributed by atoms with E-state index in [0.717, 1.165) is 39.5 Å². The van der Waals surface area contributed by atoms with Gasteiger partial charge in [-0.25, -0.2) is 0 Å². The number of benzene rings is 3. The van der Waals surface area contributed by atoms with Gasteiger partial charge in [0.25, 0.3) is 0 Å². The van der Waals surface area contributed by atoms with E-state index < -0.39 is 0 Å². The molecule has 5 heteroatoms. The number of carbonyl (C=O) groups is 1. The van der Waals surface area contributed by atoms with Crippen molar-refractivity contribution in [2.45, 2.75) is 12.8 Å². The molecule has 3 aromatic rings. The van der Waals surface area contributed by atoms with Gasteiger partial charge in [-0.3, -0.25) is 4.79 Å². The van der Waals surface area contributed by atoms with Crippen molar-refractivity contribution in [3.63, 3.8) is 0 Å². The molecule has 0 heterocycles. The fourth-order valence-corrected chi connectivity index (χ4v) is 3.68. The second-order valence-corrected chi connectivity index (χ2v) is 8.44. The van der Waals surface area contributed by atoms with Crippen LogP contribution < -0.4 is 19.9 Å². The number of amides is 1. The van der Waals surface area contributed by atoms with Gasteiger partial charge in [0.1, 0.15) is 5.75 Å². The molecule has 0 spiro atoms. The molecule has 0 saturated heterocycles. The third-order valence-corrected chi connectivity index (χ3v) is 5.58. The van der Waals surface area contributed by atoms with Crippen LogP contribution in [0.3, 0.4) is 0 Å². The van der Waals surface area contributed by atoms with Crippen LogP contribution in [0.4, 0.5) is 11.4 Å². The Morgan fingerprint density at radius 2 is 1.24 bits per heavy atom. The quantitative estimate of drug-likeness (QED) is 0.524. The van der Waals surface area contributed by atoms with E-state index in [0.29, 0.717) is 0 Å². The summed E-state index contributed by atoms with van der Waals surface area (Å²) in [6.45, 7) is 1.53. The van der Waals surface area contributed by atoms with Crippen molar-refractivity contribution in [2.24, 2.45) is 0 Å². The Bertz CT molecular complexity index is 1030. The minimum absolute atomic E-state index is 0.0404. The number of hydrogen-bond acceptors (Lipinski definition) is 4. The topological polar surface area (TPSA) is 44.8 Å². The van der Waals surface area contributed by atoms with Crippen LogP contribution in [0.25, 0.3) is 5.70 Å². The summed E-state index contributed by atoms with van der Waals surface area (Å²) in [5.41, 5.74) is 6.27. The highest BCUT2D eigenvalue weighted by molar-refractivity contribution is 5.85. The number of nitrogens with zero attached hydrogens (tertiary/aromatic N) is 2. The van der Waals surface area contributed by atoms with Gasteiger partial charge >= 0.3 is 0 Å². The van der Waals surface area contributed by atoms with Gasteiger partial charge in [-0.05, 0) is 71.3 Å². The molecule has 0 saturated carbocycles. The Morgan fingerprint density at radius 1 is 0.788 bits per heavy atom. The predicted molar refractivity (Wildman–Crippen MR) is 138 cm³/mol. The molecule has 0 unspecified atom stereocenters. The molecule has 0 aromatic heterocycles. The zero-order chi connectivity index (χ0) is 24.0. The zero-order valence-electron chi connectivity index (χ0n) is 20.3. The lowest BCUT2D eigenvalue weighted by molar-refractivity contribution is -0.117. The number of rotatable bonds is 8. The van der Waals surface area contributed by atoms with Crippen molar-refractivity contribution in [3.05, 3.63) is 95.6 Å². The van der Waals surface area contributed by atoms with E-state index in [-0.39, 0.29) is 11.8 Å². The highest BCUT2D eigenvalue weighted by atomic mass is 16.5. The molecule has 172 valence electrons. The second-order valence-electron chi connectivity index (χ2n) is 8.44. The summed E-state index contributed by atoms with van der Waals surface area (Å²) < 4.78 is 5.30. The summed E-state index contributed by atoms with van der Waals surface area (Å²) in [4.78, 5) is 16.2. The van der Waals surface area contributed by atoms with E-state index in [2.05, 4.69) is 69.7 Å². The van der Waals surface area contributed by atoms with Crippen molar-refractivity contribution in [1.29, 1.82) is 0 Å². The third-order valence-electron chi connectivity index (χ3n) is 5.58. The first-order chi connectivity index (χ1) is 15.8. The fraction of sp³-hybridized carbons (Fsp3) is 0.250. The maximum absolute atomic E-state index is 12.1. The first-order valence-electron chi connectivity index (χ1n) is 11.0. The molecule has 3 rings (SSSR count). The summed E-state index contributed by atoms with van der Waals surface area (Å²) in [7, 11) is 9.77. The van der Waals surface area contributed by atoms with Crippen LogP contribution in [-0.4, -0.2) is 41.2 Å². The predicted octanol–water partition coefficient (Wildman–Crippen LogP) is 5.14. The molecule has 0 aliphatic heterocycles. The molecule has 1 N–H and O–H groups in total. The molecule has 0 radical (unpaired) electrons. The summed E-state index contributed by atoms with van der Waals surface area (Å²) in [6, 6.07) is 24.8. The molecule has 0 atom stereocenters. The first-order valence-corrected chi connectivity index (χ1v) is 11.0. The summed E-state index contributed by atoms with van der Waals surface area (Å²) in [5.74, 6) is 0.624. The average molecular weight is 444 g/mol. The Morgan fingerprint density at radius 3 is 1.61 bits per heavy atom. The number of carbonyl (C=O) groups excluding carboxylic acids is 1. The van der Waals surface area contributed by atoms with Crippen LogP contribution in [0.5, 0.6) is 5.75 Å². The maximum atomic E-state index is 12.1. The van der Waals surface area contributed by atoms with Gasteiger partial charge < -0.3 is 19.9 Å². The molecule has 1 amide bonds. The van der Waals surface area contributed by atoms with Gasteiger partial charge in [-0.15, -0.1) is 0 Å². The lowest BCUT2D eigenvalue weighted by Crippen LogP contribution is -2.19. The highest BCUT2D eigenvalue weighted by Crippen LogP contribution is 2.31. The number of methoxy groups -OCH3 is 1. The van der Waals surface area contributed by atoms with Gasteiger partial charge in [-0.1, -0.05) is 24.3 Å². The molecule has 0 aliphatic carbocycles. The lowest BCUT2D eigenvalue weighted by Gasteiger charge is -2.20. The number of hydrogen-bond donors (Lipinski definition) is 1. The van der Waals surface area contributed by atoms with Gasteiger partial charge in [0.15, 0.2) is 0 Å². The first kappa shape index (κ1) is 23.9. The number of allylic oxidation sites excluding steroid dienone is 1. The Hall–Kier alpha value is -3.73. The monoisotopic (exact) mass is 443 g/mol. The zero-order valence-corrected chi connectivity index (χ0v) is 20.3. The van der Waals surface area contributed by atoms with Gasteiger partial charge in [-0.2, -0.15) is 0 Å². The largest absolute Gasteiger partial charge is 0.497 e. The van der Waals surface area contributed by atoms with E-state index >= 15 is 0 Å². The third kappa shape index (κ3) is 6.16. The van der Waals surface area contributed by atoms with Crippen LogP contribution in [0.15, 0.2) is 78.9 Å². The van der Waals surface area contributed by atoms with Crippen LogP contribution in [-0.2, 0) is 4.79 Å². The summed E-state index contributed by atoms with van der Waals surface area (Å²) in [5, 5.41) is 3.03. The van der Waals surface area contributed by atoms with Gasteiger partial charge in [0.2, 0.25) is 5.91 Å². The van der Waals surface area contributed by atoms with Crippen LogP contribution in [0.2, 0.25) is 0 Å². The maximum Gasteiger partial charge on any atom is 0.221 e. The van der Waals surface area contributed by atoms with E-state index in [1.54, 1.807) is 7.11 Å². The SMILES string of the molecule is COc1ccc(/C(=C/C(c2ccc(N(C)C)cc2)c2ccc(N(C)C)cc2)NC(C)=O)cc1. The number of anilines is 2. The number of nitrogens with one attached hydrogen (secondary N) is 1.